The van der Waals surface area contributed by atoms with Gasteiger partial charge in [0.15, 0.2) is 0 Å². The molecule has 8 nitrogen and oxygen atoms in total. The Morgan fingerprint density at radius 1 is 1.42 bits per heavy atom. The predicted molar refractivity (Wildman–Crippen MR) is 63.2 cm³/mol. The van der Waals surface area contributed by atoms with Gasteiger partial charge in [-0.3, -0.25) is 9.59 Å². The van der Waals surface area contributed by atoms with E-state index in [-0.39, 0.29) is 30.2 Å². The molecule has 8 heteroatoms. The smallest absolute Gasteiger partial charge is 0.295 e. The first-order valence-electron chi connectivity index (χ1n) is 6.37. The Bertz CT molecular complexity index is 494. The molecule has 19 heavy (non-hydrogen) atoms. The molecule has 1 atom stereocenters. The van der Waals surface area contributed by atoms with E-state index in [0.29, 0.717) is 19.0 Å². The minimum absolute atomic E-state index is 0.0263. The second-order valence-electron chi connectivity index (χ2n) is 4.68. The number of carbonyl (C=O) groups excluding carboxylic acids is 2. The zero-order valence-corrected chi connectivity index (χ0v) is 10.4. The highest BCUT2D eigenvalue weighted by Crippen LogP contribution is 2.21. The number of rotatable bonds is 2. The van der Waals surface area contributed by atoms with Gasteiger partial charge >= 0.3 is 0 Å². The molecule has 2 aliphatic heterocycles. The molecule has 3 heterocycles. The van der Waals surface area contributed by atoms with Crippen LogP contribution in [0.1, 0.15) is 35.4 Å². The fourth-order valence-electron chi connectivity index (χ4n) is 2.31. The van der Waals surface area contributed by atoms with Gasteiger partial charge in [-0.05, 0) is 19.4 Å². The van der Waals surface area contributed by atoms with Gasteiger partial charge in [0.1, 0.15) is 6.54 Å². The van der Waals surface area contributed by atoms with Crippen LogP contribution in [0.2, 0.25) is 0 Å². The first-order chi connectivity index (χ1) is 9.24. The van der Waals surface area contributed by atoms with E-state index < -0.39 is 0 Å². The van der Waals surface area contributed by atoms with Crippen LogP contribution in [-0.2, 0) is 4.79 Å². The summed E-state index contributed by atoms with van der Waals surface area (Å²) in [5.41, 5.74) is 0. The van der Waals surface area contributed by atoms with Gasteiger partial charge in [-0.15, -0.1) is 0 Å². The van der Waals surface area contributed by atoms with Crippen LogP contribution < -0.4 is 10.6 Å². The van der Waals surface area contributed by atoms with Crippen LogP contribution in [0.4, 0.5) is 0 Å². The number of carbonyl (C=O) groups is 2. The lowest BCUT2D eigenvalue weighted by Gasteiger charge is -2.25. The SMILES string of the molecule is O=C1CN(C(=O)c2noc(C3CCCN3)n2)CCN1. The van der Waals surface area contributed by atoms with Gasteiger partial charge in [-0.2, -0.15) is 4.98 Å². The average molecular weight is 265 g/mol. The van der Waals surface area contributed by atoms with Gasteiger partial charge in [0.2, 0.25) is 11.8 Å². The lowest BCUT2D eigenvalue weighted by molar-refractivity contribution is -0.123. The van der Waals surface area contributed by atoms with Crippen LogP contribution >= 0.6 is 0 Å². The molecule has 1 aromatic rings. The first-order valence-corrected chi connectivity index (χ1v) is 6.37. The van der Waals surface area contributed by atoms with Crippen molar-refractivity contribution in [2.45, 2.75) is 18.9 Å². The molecule has 0 radical (unpaired) electrons. The van der Waals surface area contributed by atoms with Crippen LogP contribution in [0, 0.1) is 0 Å². The number of aromatic nitrogens is 2. The molecule has 3 rings (SSSR count). The molecule has 0 saturated carbocycles. The van der Waals surface area contributed by atoms with Gasteiger partial charge in [-0.25, -0.2) is 0 Å². The van der Waals surface area contributed by atoms with Crippen LogP contribution in [-0.4, -0.2) is 53.0 Å². The third-order valence-electron chi connectivity index (χ3n) is 3.32. The monoisotopic (exact) mass is 265 g/mol. The molecule has 1 aromatic heterocycles. The zero-order chi connectivity index (χ0) is 13.2. The van der Waals surface area contributed by atoms with Gasteiger partial charge in [0, 0.05) is 13.1 Å². The van der Waals surface area contributed by atoms with Gasteiger partial charge in [0.05, 0.1) is 6.04 Å². The molecule has 0 aromatic carbocycles. The second kappa shape index (κ2) is 4.96. The Morgan fingerprint density at radius 2 is 2.32 bits per heavy atom. The van der Waals surface area contributed by atoms with Gasteiger partial charge < -0.3 is 20.1 Å². The summed E-state index contributed by atoms with van der Waals surface area (Å²) < 4.78 is 5.12. The Labute approximate surface area is 109 Å². The van der Waals surface area contributed by atoms with Gasteiger partial charge in [-0.1, -0.05) is 5.16 Å². The minimum Gasteiger partial charge on any atom is -0.353 e. The Balaban J connectivity index is 1.71. The van der Waals surface area contributed by atoms with Crippen LogP contribution in [0.5, 0.6) is 0 Å². The molecule has 2 aliphatic rings. The van der Waals surface area contributed by atoms with Crippen LogP contribution in [0.15, 0.2) is 4.52 Å². The highest BCUT2D eigenvalue weighted by atomic mass is 16.5. The molecule has 2 saturated heterocycles. The van der Waals surface area contributed by atoms with E-state index in [0.717, 1.165) is 19.4 Å². The second-order valence-corrected chi connectivity index (χ2v) is 4.68. The Kier molecular flexibility index (Phi) is 3.16. The number of amides is 2. The normalized spacial score (nSPS) is 23.5. The molecule has 2 fully saturated rings. The van der Waals surface area contributed by atoms with E-state index in [2.05, 4.69) is 20.8 Å². The van der Waals surface area contributed by atoms with Crippen molar-refractivity contribution in [2.24, 2.45) is 0 Å². The van der Waals surface area contributed by atoms with E-state index in [1.807, 2.05) is 0 Å². The fraction of sp³-hybridized carbons (Fsp3) is 0.636. The molecule has 1 unspecified atom stereocenters. The summed E-state index contributed by atoms with van der Waals surface area (Å²) in [4.78, 5) is 28.9. The van der Waals surface area contributed by atoms with Crippen LogP contribution in [0.25, 0.3) is 0 Å². The number of hydrogen-bond donors (Lipinski definition) is 2. The summed E-state index contributed by atoms with van der Waals surface area (Å²) in [6.45, 7) is 1.89. The topological polar surface area (TPSA) is 100 Å². The van der Waals surface area contributed by atoms with E-state index in [1.54, 1.807) is 0 Å². The third kappa shape index (κ3) is 2.43. The number of nitrogens with zero attached hydrogens (tertiary/aromatic N) is 3. The van der Waals surface area contributed by atoms with E-state index in [4.69, 9.17) is 4.52 Å². The van der Waals surface area contributed by atoms with Crippen molar-refractivity contribution in [1.29, 1.82) is 0 Å². The number of piperazine rings is 1. The summed E-state index contributed by atoms with van der Waals surface area (Å²) in [7, 11) is 0. The summed E-state index contributed by atoms with van der Waals surface area (Å²) in [5.74, 6) is -0.0515. The standard InChI is InChI=1S/C11H15N5O3/c17-8-6-16(5-4-13-8)11(18)9-14-10(19-15-9)7-2-1-3-12-7/h7,12H,1-6H2,(H,13,17). The third-order valence-corrected chi connectivity index (χ3v) is 3.32. The molecule has 2 amide bonds. The summed E-state index contributed by atoms with van der Waals surface area (Å²) in [5, 5.41) is 9.60. The molecule has 0 spiro atoms. The maximum absolute atomic E-state index is 12.1. The Morgan fingerprint density at radius 3 is 3.05 bits per heavy atom. The molecule has 2 N–H and O–H groups in total. The van der Waals surface area contributed by atoms with E-state index in [9.17, 15) is 9.59 Å². The van der Waals surface area contributed by atoms with Crippen molar-refractivity contribution < 1.29 is 14.1 Å². The van der Waals surface area contributed by atoms with E-state index >= 15 is 0 Å². The zero-order valence-electron chi connectivity index (χ0n) is 10.4. The highest BCUT2D eigenvalue weighted by Gasteiger charge is 2.28. The van der Waals surface area contributed by atoms with Crippen LogP contribution in [0.3, 0.4) is 0 Å². The summed E-state index contributed by atoms with van der Waals surface area (Å²) in [6.07, 6.45) is 1.99. The lowest BCUT2D eigenvalue weighted by Crippen LogP contribution is -2.50. The minimum atomic E-state index is -0.358. The fourth-order valence-corrected chi connectivity index (χ4v) is 2.31. The maximum atomic E-state index is 12.1. The maximum Gasteiger partial charge on any atom is 0.295 e. The Hall–Kier alpha value is -1.96. The number of nitrogens with one attached hydrogen (secondary N) is 2. The molecule has 0 aliphatic carbocycles. The molecule has 0 bridgehead atoms. The van der Waals surface area contributed by atoms with Crippen molar-refractivity contribution in [2.75, 3.05) is 26.2 Å². The average Bonchev–Trinajstić information content (AvgIpc) is 3.08. The van der Waals surface area contributed by atoms with Crippen molar-refractivity contribution in [3.05, 3.63) is 11.7 Å². The largest absolute Gasteiger partial charge is 0.353 e. The lowest BCUT2D eigenvalue weighted by atomic mass is 10.2. The quantitative estimate of drug-likeness (QED) is 0.716. The van der Waals surface area contributed by atoms with Crippen molar-refractivity contribution in [1.82, 2.24) is 25.7 Å². The first kappa shape index (κ1) is 12.1. The summed E-state index contributed by atoms with van der Waals surface area (Å²) >= 11 is 0. The molecular formula is C11H15N5O3. The molecule has 102 valence electrons. The van der Waals surface area contributed by atoms with Crippen molar-refractivity contribution >= 4 is 11.8 Å². The number of hydrogen-bond acceptors (Lipinski definition) is 6. The van der Waals surface area contributed by atoms with Gasteiger partial charge in [0.25, 0.3) is 11.7 Å². The van der Waals surface area contributed by atoms with Crippen molar-refractivity contribution in [3.8, 4) is 0 Å². The molecular weight excluding hydrogens is 250 g/mol. The van der Waals surface area contributed by atoms with Crippen molar-refractivity contribution in [3.63, 3.8) is 0 Å². The van der Waals surface area contributed by atoms with E-state index in [1.165, 1.54) is 4.90 Å². The summed E-state index contributed by atoms with van der Waals surface area (Å²) in [6, 6.07) is 0.0405. The highest BCUT2D eigenvalue weighted by molar-refractivity contribution is 5.94. The predicted octanol–water partition coefficient (Wildman–Crippen LogP) is -0.934.